The van der Waals surface area contributed by atoms with Crippen LogP contribution in [0.4, 0.5) is 5.69 Å². The van der Waals surface area contributed by atoms with Gasteiger partial charge in [-0.1, -0.05) is 6.07 Å². The minimum absolute atomic E-state index is 0.0798. The second-order valence-corrected chi connectivity index (χ2v) is 4.05. The Morgan fingerprint density at radius 3 is 2.00 bits per heavy atom. The van der Waals surface area contributed by atoms with Crippen molar-refractivity contribution in [3.05, 3.63) is 29.3 Å². The van der Waals surface area contributed by atoms with Gasteiger partial charge in [-0.3, -0.25) is 0 Å². The van der Waals surface area contributed by atoms with Gasteiger partial charge in [0.05, 0.1) is 6.10 Å². The first-order valence-corrected chi connectivity index (χ1v) is 5.02. The summed E-state index contributed by atoms with van der Waals surface area (Å²) < 4.78 is 0. The first kappa shape index (κ1) is 11.1. The lowest BCUT2D eigenvalue weighted by Gasteiger charge is -2.18. The third kappa shape index (κ3) is 3.04. The first-order valence-electron chi connectivity index (χ1n) is 5.02. The molecule has 1 rings (SSSR count). The van der Waals surface area contributed by atoms with Crippen LogP contribution in [-0.2, 0) is 0 Å². The van der Waals surface area contributed by atoms with Crippen LogP contribution < -0.4 is 5.32 Å². The topological polar surface area (TPSA) is 32.3 Å². The normalized spacial score (nSPS) is 14.9. The SMILES string of the molecule is Cc1cc(C)cc(NC(C)C(C)O)c1. The van der Waals surface area contributed by atoms with Gasteiger partial charge in [-0.05, 0) is 51.0 Å². The van der Waals surface area contributed by atoms with Gasteiger partial charge in [0.25, 0.3) is 0 Å². The van der Waals surface area contributed by atoms with E-state index < -0.39 is 0 Å². The molecule has 0 aromatic heterocycles. The number of aryl methyl sites for hydroxylation is 2. The molecule has 0 radical (unpaired) electrons. The summed E-state index contributed by atoms with van der Waals surface area (Å²) in [5.74, 6) is 0. The maximum Gasteiger partial charge on any atom is 0.0710 e. The molecule has 78 valence electrons. The van der Waals surface area contributed by atoms with Crippen molar-refractivity contribution in [2.75, 3.05) is 5.32 Å². The monoisotopic (exact) mass is 193 g/mol. The number of hydrogen-bond donors (Lipinski definition) is 2. The second kappa shape index (κ2) is 4.47. The number of benzene rings is 1. The predicted molar refractivity (Wildman–Crippen MR) is 60.7 cm³/mol. The van der Waals surface area contributed by atoms with E-state index in [9.17, 15) is 5.11 Å². The third-order valence-electron chi connectivity index (χ3n) is 2.34. The molecule has 1 aromatic carbocycles. The smallest absolute Gasteiger partial charge is 0.0710 e. The Morgan fingerprint density at radius 2 is 1.57 bits per heavy atom. The van der Waals surface area contributed by atoms with Gasteiger partial charge >= 0.3 is 0 Å². The molecule has 14 heavy (non-hydrogen) atoms. The Hall–Kier alpha value is -1.02. The van der Waals surface area contributed by atoms with Crippen LogP contribution in [0.3, 0.4) is 0 Å². The van der Waals surface area contributed by atoms with Crippen LogP contribution in [-0.4, -0.2) is 17.3 Å². The largest absolute Gasteiger partial charge is 0.391 e. The summed E-state index contributed by atoms with van der Waals surface area (Å²) in [7, 11) is 0. The maximum absolute atomic E-state index is 9.36. The molecule has 0 bridgehead atoms. The zero-order chi connectivity index (χ0) is 10.7. The molecule has 2 heteroatoms. The van der Waals surface area contributed by atoms with Gasteiger partial charge < -0.3 is 10.4 Å². The average Bonchev–Trinajstić information content (AvgIpc) is 2.01. The van der Waals surface area contributed by atoms with Crippen LogP contribution >= 0.6 is 0 Å². The van der Waals surface area contributed by atoms with E-state index >= 15 is 0 Å². The highest BCUT2D eigenvalue weighted by molar-refractivity contribution is 5.49. The molecule has 2 N–H and O–H groups in total. The van der Waals surface area contributed by atoms with Crippen molar-refractivity contribution in [2.24, 2.45) is 0 Å². The van der Waals surface area contributed by atoms with E-state index in [0.29, 0.717) is 0 Å². The fraction of sp³-hybridized carbons (Fsp3) is 0.500. The standard InChI is InChI=1S/C12H19NO/c1-8-5-9(2)7-12(6-8)13-10(3)11(4)14/h5-7,10-11,13-14H,1-4H3. The van der Waals surface area contributed by atoms with Crippen molar-refractivity contribution in [3.63, 3.8) is 0 Å². The summed E-state index contributed by atoms with van der Waals surface area (Å²) in [6, 6.07) is 6.40. The number of rotatable bonds is 3. The molecule has 0 fully saturated rings. The van der Waals surface area contributed by atoms with Gasteiger partial charge in [-0.25, -0.2) is 0 Å². The molecule has 0 saturated heterocycles. The number of anilines is 1. The molecule has 1 aromatic rings. The molecule has 0 spiro atoms. The van der Waals surface area contributed by atoms with E-state index in [0.717, 1.165) is 5.69 Å². The summed E-state index contributed by atoms with van der Waals surface area (Å²) >= 11 is 0. The molecular weight excluding hydrogens is 174 g/mol. The summed E-state index contributed by atoms with van der Waals surface area (Å²) in [4.78, 5) is 0. The Morgan fingerprint density at radius 1 is 1.07 bits per heavy atom. The van der Waals surface area contributed by atoms with Crippen LogP contribution in [0.5, 0.6) is 0 Å². The Labute approximate surface area is 86.0 Å². The molecule has 0 aliphatic rings. The molecule has 0 saturated carbocycles. The summed E-state index contributed by atoms with van der Waals surface area (Å²) in [5.41, 5.74) is 3.56. The van der Waals surface area contributed by atoms with Gasteiger partial charge in [0.1, 0.15) is 0 Å². The highest BCUT2D eigenvalue weighted by Crippen LogP contribution is 2.15. The minimum Gasteiger partial charge on any atom is -0.391 e. The van der Waals surface area contributed by atoms with Gasteiger partial charge in [0, 0.05) is 11.7 Å². The predicted octanol–water partition coefficient (Wildman–Crippen LogP) is 2.48. The van der Waals surface area contributed by atoms with Crippen LogP contribution in [0.15, 0.2) is 18.2 Å². The Balaban J connectivity index is 2.76. The zero-order valence-corrected chi connectivity index (χ0v) is 9.33. The van der Waals surface area contributed by atoms with Crippen molar-refractivity contribution >= 4 is 5.69 Å². The molecule has 0 heterocycles. The van der Waals surface area contributed by atoms with E-state index in [-0.39, 0.29) is 12.1 Å². The Bertz CT molecular complexity index is 287. The van der Waals surface area contributed by atoms with Crippen molar-refractivity contribution in [1.82, 2.24) is 0 Å². The molecule has 2 nitrogen and oxygen atoms in total. The van der Waals surface area contributed by atoms with E-state index in [1.165, 1.54) is 11.1 Å². The molecule has 2 unspecified atom stereocenters. The van der Waals surface area contributed by atoms with Crippen molar-refractivity contribution in [1.29, 1.82) is 0 Å². The lowest BCUT2D eigenvalue weighted by molar-refractivity contribution is 0.178. The summed E-state index contributed by atoms with van der Waals surface area (Å²) in [6.45, 7) is 7.92. The quantitative estimate of drug-likeness (QED) is 0.773. The summed E-state index contributed by atoms with van der Waals surface area (Å²) in [5, 5.41) is 12.6. The number of aliphatic hydroxyl groups excluding tert-OH is 1. The second-order valence-electron chi connectivity index (χ2n) is 4.05. The zero-order valence-electron chi connectivity index (χ0n) is 9.33. The van der Waals surface area contributed by atoms with Gasteiger partial charge in [0.15, 0.2) is 0 Å². The van der Waals surface area contributed by atoms with E-state index in [1.807, 2.05) is 6.92 Å². The lowest BCUT2D eigenvalue weighted by Crippen LogP contribution is -2.27. The number of aliphatic hydroxyl groups is 1. The van der Waals surface area contributed by atoms with Crippen molar-refractivity contribution in [3.8, 4) is 0 Å². The van der Waals surface area contributed by atoms with Crippen molar-refractivity contribution < 1.29 is 5.11 Å². The molecular formula is C12H19NO. The molecule has 0 aliphatic carbocycles. The Kier molecular flexibility index (Phi) is 3.53. The number of hydrogen-bond acceptors (Lipinski definition) is 2. The molecule has 2 atom stereocenters. The van der Waals surface area contributed by atoms with Crippen LogP contribution in [0.2, 0.25) is 0 Å². The van der Waals surface area contributed by atoms with Gasteiger partial charge in [0.2, 0.25) is 0 Å². The van der Waals surface area contributed by atoms with Crippen LogP contribution in [0, 0.1) is 13.8 Å². The average molecular weight is 193 g/mol. The highest BCUT2D eigenvalue weighted by Gasteiger charge is 2.07. The first-order chi connectivity index (χ1) is 6.49. The fourth-order valence-corrected chi connectivity index (χ4v) is 1.44. The van der Waals surface area contributed by atoms with E-state index in [4.69, 9.17) is 0 Å². The van der Waals surface area contributed by atoms with Crippen molar-refractivity contribution in [2.45, 2.75) is 39.8 Å². The maximum atomic E-state index is 9.36. The molecule has 0 amide bonds. The molecule has 0 aliphatic heterocycles. The number of nitrogens with one attached hydrogen (secondary N) is 1. The summed E-state index contributed by atoms with van der Waals surface area (Å²) in [6.07, 6.45) is -0.337. The lowest BCUT2D eigenvalue weighted by atomic mass is 10.1. The van der Waals surface area contributed by atoms with Crippen LogP contribution in [0.25, 0.3) is 0 Å². The highest BCUT2D eigenvalue weighted by atomic mass is 16.3. The third-order valence-corrected chi connectivity index (χ3v) is 2.34. The van der Waals surface area contributed by atoms with Crippen LogP contribution in [0.1, 0.15) is 25.0 Å². The van der Waals surface area contributed by atoms with E-state index in [1.54, 1.807) is 6.92 Å². The van der Waals surface area contributed by atoms with E-state index in [2.05, 4.69) is 37.4 Å². The minimum atomic E-state index is -0.337. The van der Waals surface area contributed by atoms with Gasteiger partial charge in [-0.15, -0.1) is 0 Å². The van der Waals surface area contributed by atoms with Gasteiger partial charge in [-0.2, -0.15) is 0 Å². The fourth-order valence-electron chi connectivity index (χ4n) is 1.44.